The number of hydrogen-bond donors (Lipinski definition) is 2. The van der Waals surface area contributed by atoms with Crippen LogP contribution in [0.5, 0.6) is 0 Å². The van der Waals surface area contributed by atoms with Gasteiger partial charge < -0.3 is 10.4 Å². The summed E-state index contributed by atoms with van der Waals surface area (Å²) in [6.45, 7) is 2.44. The van der Waals surface area contributed by atoms with E-state index in [0.717, 1.165) is 11.3 Å². The average Bonchev–Trinajstić information content (AvgIpc) is 2.38. The van der Waals surface area contributed by atoms with Crippen LogP contribution in [0.15, 0.2) is 36.8 Å². The lowest BCUT2D eigenvalue weighted by molar-refractivity contribution is 0.0697. The Morgan fingerprint density at radius 2 is 2.17 bits per heavy atom. The van der Waals surface area contributed by atoms with E-state index >= 15 is 0 Å². The minimum Gasteiger partial charge on any atom is -0.478 e. The quantitative estimate of drug-likeness (QED) is 0.860. The molecule has 0 saturated carbocycles. The maximum Gasteiger partial charge on any atom is 0.339 e. The molecule has 2 heterocycles. The van der Waals surface area contributed by atoms with Gasteiger partial charge in [-0.25, -0.2) is 4.79 Å². The Morgan fingerprint density at radius 3 is 2.83 bits per heavy atom. The Balaban J connectivity index is 2.10. The van der Waals surface area contributed by atoms with Crippen LogP contribution in [0.3, 0.4) is 0 Å². The van der Waals surface area contributed by atoms with E-state index in [1.807, 2.05) is 19.1 Å². The lowest BCUT2D eigenvalue weighted by Gasteiger charge is -2.08. The summed E-state index contributed by atoms with van der Waals surface area (Å²) in [5.41, 5.74) is 2.67. The fourth-order valence-corrected chi connectivity index (χ4v) is 1.52. The van der Waals surface area contributed by atoms with E-state index < -0.39 is 5.97 Å². The molecule has 0 aliphatic rings. The molecule has 0 unspecified atom stereocenters. The minimum absolute atomic E-state index is 0.164. The first-order valence-electron chi connectivity index (χ1n) is 5.49. The Labute approximate surface area is 105 Å². The fourth-order valence-electron chi connectivity index (χ4n) is 1.52. The first-order chi connectivity index (χ1) is 8.66. The summed E-state index contributed by atoms with van der Waals surface area (Å²) < 4.78 is 0. The zero-order valence-corrected chi connectivity index (χ0v) is 9.92. The van der Waals surface area contributed by atoms with Gasteiger partial charge in [-0.1, -0.05) is 6.07 Å². The van der Waals surface area contributed by atoms with E-state index in [2.05, 4.69) is 15.3 Å². The van der Waals surface area contributed by atoms with E-state index in [-0.39, 0.29) is 5.56 Å². The molecule has 0 aromatic carbocycles. The molecule has 2 N–H and O–H groups in total. The number of anilines is 1. The standard InChI is InChI=1S/C13H13N3O2/c1-9-2-3-10(6-15-9)7-16-12-4-5-14-8-11(12)13(17)18/h2-6,8H,7H2,1H3,(H,14,16)(H,17,18). The second-order valence-corrected chi connectivity index (χ2v) is 3.89. The van der Waals surface area contributed by atoms with Crippen LogP contribution in [0, 0.1) is 6.92 Å². The van der Waals surface area contributed by atoms with Crippen LogP contribution in [-0.2, 0) is 6.54 Å². The second-order valence-electron chi connectivity index (χ2n) is 3.89. The molecule has 0 radical (unpaired) electrons. The number of nitrogens with zero attached hydrogens (tertiary/aromatic N) is 2. The van der Waals surface area contributed by atoms with Gasteiger partial charge in [-0.15, -0.1) is 0 Å². The average molecular weight is 243 g/mol. The van der Waals surface area contributed by atoms with Gasteiger partial charge in [0, 0.05) is 30.8 Å². The number of nitrogens with one attached hydrogen (secondary N) is 1. The van der Waals surface area contributed by atoms with E-state index in [1.54, 1.807) is 18.5 Å². The van der Waals surface area contributed by atoms with Crippen LogP contribution in [0.25, 0.3) is 0 Å². The molecule has 0 spiro atoms. The number of carboxylic acid groups (broad SMARTS) is 1. The first-order valence-corrected chi connectivity index (χ1v) is 5.49. The Morgan fingerprint density at radius 1 is 1.33 bits per heavy atom. The third kappa shape index (κ3) is 2.82. The van der Waals surface area contributed by atoms with Gasteiger partial charge in [0.1, 0.15) is 5.56 Å². The van der Waals surface area contributed by atoms with Gasteiger partial charge in [-0.3, -0.25) is 9.97 Å². The predicted octanol–water partition coefficient (Wildman–Crippen LogP) is 2.10. The van der Waals surface area contributed by atoms with Gasteiger partial charge in [0.15, 0.2) is 0 Å². The van der Waals surface area contributed by atoms with Crippen LogP contribution in [0.2, 0.25) is 0 Å². The highest BCUT2D eigenvalue weighted by atomic mass is 16.4. The Hall–Kier alpha value is -2.43. The maximum absolute atomic E-state index is 11.0. The lowest BCUT2D eigenvalue weighted by atomic mass is 10.2. The molecule has 0 aliphatic heterocycles. The van der Waals surface area contributed by atoms with E-state index in [1.165, 1.54) is 6.20 Å². The summed E-state index contributed by atoms with van der Waals surface area (Å²) in [6.07, 6.45) is 4.66. The van der Waals surface area contributed by atoms with E-state index in [4.69, 9.17) is 5.11 Å². The highest BCUT2D eigenvalue weighted by Gasteiger charge is 2.09. The molecule has 0 fully saturated rings. The number of aromatic carboxylic acids is 1. The molecule has 2 rings (SSSR count). The summed E-state index contributed by atoms with van der Waals surface area (Å²) in [4.78, 5) is 19.0. The highest BCUT2D eigenvalue weighted by Crippen LogP contribution is 2.14. The molecule has 2 aromatic rings. The smallest absolute Gasteiger partial charge is 0.339 e. The summed E-state index contributed by atoms with van der Waals surface area (Å²) >= 11 is 0. The van der Waals surface area contributed by atoms with E-state index in [0.29, 0.717) is 12.2 Å². The molecule has 0 aliphatic carbocycles. The zero-order chi connectivity index (χ0) is 13.0. The van der Waals surface area contributed by atoms with Gasteiger partial charge in [-0.2, -0.15) is 0 Å². The molecule has 0 amide bonds. The molecule has 0 saturated heterocycles. The minimum atomic E-state index is -0.993. The molecule has 0 bridgehead atoms. The molecular formula is C13H13N3O2. The molecule has 5 heteroatoms. The fraction of sp³-hybridized carbons (Fsp3) is 0.154. The summed E-state index contributed by atoms with van der Waals surface area (Å²) in [5, 5.41) is 12.1. The summed E-state index contributed by atoms with van der Waals surface area (Å²) in [6, 6.07) is 5.52. The van der Waals surface area contributed by atoms with Crippen molar-refractivity contribution in [2.75, 3.05) is 5.32 Å². The van der Waals surface area contributed by atoms with Crippen molar-refractivity contribution in [3.63, 3.8) is 0 Å². The number of aryl methyl sites for hydroxylation is 1. The SMILES string of the molecule is Cc1ccc(CNc2ccncc2C(=O)O)cn1. The molecular weight excluding hydrogens is 230 g/mol. The van der Waals surface area contributed by atoms with Crippen LogP contribution in [-0.4, -0.2) is 21.0 Å². The third-order valence-corrected chi connectivity index (χ3v) is 2.51. The van der Waals surface area contributed by atoms with Crippen molar-refractivity contribution in [2.45, 2.75) is 13.5 Å². The molecule has 5 nitrogen and oxygen atoms in total. The number of carbonyl (C=O) groups is 1. The summed E-state index contributed by atoms with van der Waals surface area (Å²) in [7, 11) is 0. The normalized spacial score (nSPS) is 10.1. The topological polar surface area (TPSA) is 75.1 Å². The summed E-state index contributed by atoms with van der Waals surface area (Å²) in [5.74, 6) is -0.993. The van der Waals surface area contributed by atoms with Crippen molar-refractivity contribution < 1.29 is 9.90 Å². The Bertz CT molecular complexity index is 552. The largest absolute Gasteiger partial charge is 0.478 e. The van der Waals surface area contributed by atoms with Crippen molar-refractivity contribution in [3.8, 4) is 0 Å². The predicted molar refractivity (Wildman–Crippen MR) is 67.5 cm³/mol. The van der Waals surface area contributed by atoms with E-state index in [9.17, 15) is 4.79 Å². The number of aromatic nitrogens is 2. The number of rotatable bonds is 4. The third-order valence-electron chi connectivity index (χ3n) is 2.51. The highest BCUT2D eigenvalue weighted by molar-refractivity contribution is 5.93. The Kier molecular flexibility index (Phi) is 3.52. The van der Waals surface area contributed by atoms with Gasteiger partial charge in [0.25, 0.3) is 0 Å². The zero-order valence-electron chi connectivity index (χ0n) is 9.92. The van der Waals surface area contributed by atoms with Crippen LogP contribution in [0.1, 0.15) is 21.6 Å². The van der Waals surface area contributed by atoms with Crippen LogP contribution in [0.4, 0.5) is 5.69 Å². The number of carboxylic acids is 1. The van der Waals surface area contributed by atoms with Gasteiger partial charge >= 0.3 is 5.97 Å². The molecule has 0 atom stereocenters. The maximum atomic E-state index is 11.0. The van der Waals surface area contributed by atoms with Gasteiger partial charge in [-0.05, 0) is 24.6 Å². The van der Waals surface area contributed by atoms with Crippen molar-refractivity contribution in [3.05, 3.63) is 53.6 Å². The molecule has 2 aromatic heterocycles. The number of hydrogen-bond acceptors (Lipinski definition) is 4. The van der Waals surface area contributed by atoms with Crippen molar-refractivity contribution in [1.82, 2.24) is 9.97 Å². The molecule has 18 heavy (non-hydrogen) atoms. The number of pyridine rings is 2. The first kappa shape index (κ1) is 12.0. The van der Waals surface area contributed by atoms with Gasteiger partial charge in [0.2, 0.25) is 0 Å². The van der Waals surface area contributed by atoms with Crippen molar-refractivity contribution in [2.24, 2.45) is 0 Å². The van der Waals surface area contributed by atoms with Crippen LogP contribution >= 0.6 is 0 Å². The van der Waals surface area contributed by atoms with Gasteiger partial charge in [0.05, 0.1) is 5.69 Å². The molecule has 92 valence electrons. The van der Waals surface area contributed by atoms with Crippen molar-refractivity contribution in [1.29, 1.82) is 0 Å². The monoisotopic (exact) mass is 243 g/mol. The van der Waals surface area contributed by atoms with Crippen LogP contribution < -0.4 is 5.32 Å². The van der Waals surface area contributed by atoms with Crippen molar-refractivity contribution >= 4 is 11.7 Å². The lowest BCUT2D eigenvalue weighted by Crippen LogP contribution is -2.07. The second kappa shape index (κ2) is 5.27.